The van der Waals surface area contributed by atoms with Crippen molar-refractivity contribution in [2.45, 2.75) is 24.9 Å². The van der Waals surface area contributed by atoms with E-state index in [1.54, 1.807) is 29.2 Å². The SMILES string of the molecule is O=C(CN1C(=O)[C@@H]2CCCN2C(=O)c2ccccc21)NC(c1ccccc1)c1ccccc1. The molecule has 0 spiro atoms. The third-order valence-corrected chi connectivity index (χ3v) is 6.36. The summed E-state index contributed by atoms with van der Waals surface area (Å²) in [4.78, 5) is 43.0. The van der Waals surface area contributed by atoms with Crippen LogP contribution in [0.3, 0.4) is 0 Å². The van der Waals surface area contributed by atoms with Gasteiger partial charge in [-0.1, -0.05) is 72.8 Å². The van der Waals surface area contributed by atoms with E-state index in [-0.39, 0.29) is 30.3 Å². The first-order valence-electron chi connectivity index (χ1n) is 11.2. The van der Waals surface area contributed by atoms with Crippen molar-refractivity contribution in [3.63, 3.8) is 0 Å². The minimum atomic E-state index is -0.517. The maximum atomic E-state index is 13.4. The van der Waals surface area contributed by atoms with Crippen molar-refractivity contribution < 1.29 is 14.4 Å². The molecule has 5 rings (SSSR count). The highest BCUT2D eigenvalue weighted by atomic mass is 16.2. The van der Waals surface area contributed by atoms with Gasteiger partial charge in [-0.05, 0) is 36.1 Å². The topological polar surface area (TPSA) is 69.7 Å². The van der Waals surface area contributed by atoms with Crippen LogP contribution in [0.2, 0.25) is 0 Å². The Morgan fingerprint density at radius 1 is 0.879 bits per heavy atom. The van der Waals surface area contributed by atoms with E-state index in [4.69, 9.17) is 0 Å². The lowest BCUT2D eigenvalue weighted by atomic mass is 9.98. The molecule has 1 atom stereocenters. The first kappa shape index (κ1) is 20.9. The number of carbonyl (C=O) groups excluding carboxylic acids is 3. The predicted molar refractivity (Wildman–Crippen MR) is 126 cm³/mol. The molecule has 0 aliphatic carbocycles. The van der Waals surface area contributed by atoms with Crippen LogP contribution in [0.1, 0.15) is 40.4 Å². The lowest BCUT2D eigenvalue weighted by Gasteiger charge is -2.27. The Hall–Kier alpha value is -3.93. The Morgan fingerprint density at radius 2 is 1.48 bits per heavy atom. The second-order valence-corrected chi connectivity index (χ2v) is 8.42. The van der Waals surface area contributed by atoms with Crippen molar-refractivity contribution in [1.29, 1.82) is 0 Å². The second kappa shape index (κ2) is 8.90. The highest BCUT2D eigenvalue weighted by Crippen LogP contribution is 2.32. The third kappa shape index (κ3) is 4.00. The van der Waals surface area contributed by atoms with Gasteiger partial charge in [-0.15, -0.1) is 0 Å². The first-order chi connectivity index (χ1) is 16.1. The molecular formula is C27H25N3O3. The van der Waals surface area contributed by atoms with Crippen LogP contribution in [0.4, 0.5) is 5.69 Å². The van der Waals surface area contributed by atoms with Gasteiger partial charge in [0, 0.05) is 6.54 Å². The van der Waals surface area contributed by atoms with E-state index in [1.807, 2.05) is 60.7 Å². The number of nitrogens with one attached hydrogen (secondary N) is 1. The zero-order valence-corrected chi connectivity index (χ0v) is 18.2. The van der Waals surface area contributed by atoms with Crippen molar-refractivity contribution in [3.8, 4) is 0 Å². The van der Waals surface area contributed by atoms with Crippen LogP contribution in [0.15, 0.2) is 84.9 Å². The Kier molecular flexibility index (Phi) is 5.65. The number of para-hydroxylation sites is 1. The largest absolute Gasteiger partial charge is 0.344 e. The fraction of sp³-hybridized carbons (Fsp3) is 0.222. The number of hydrogen-bond donors (Lipinski definition) is 1. The summed E-state index contributed by atoms with van der Waals surface area (Å²) >= 11 is 0. The summed E-state index contributed by atoms with van der Waals surface area (Å²) in [5.74, 6) is -0.623. The molecule has 2 aliphatic rings. The van der Waals surface area contributed by atoms with Gasteiger partial charge < -0.3 is 15.1 Å². The molecule has 1 N–H and O–H groups in total. The van der Waals surface area contributed by atoms with Crippen LogP contribution in [0.5, 0.6) is 0 Å². The van der Waals surface area contributed by atoms with E-state index in [0.717, 1.165) is 17.5 Å². The number of benzene rings is 3. The van der Waals surface area contributed by atoms with Crippen LogP contribution in [0, 0.1) is 0 Å². The number of anilines is 1. The van der Waals surface area contributed by atoms with E-state index in [0.29, 0.717) is 24.2 Å². The highest BCUT2D eigenvalue weighted by molar-refractivity contribution is 6.12. The molecule has 2 aliphatic heterocycles. The van der Waals surface area contributed by atoms with Gasteiger partial charge in [0.05, 0.1) is 17.3 Å². The quantitative estimate of drug-likeness (QED) is 0.661. The fourth-order valence-electron chi connectivity index (χ4n) is 4.77. The maximum absolute atomic E-state index is 13.4. The smallest absolute Gasteiger partial charge is 0.256 e. The summed E-state index contributed by atoms with van der Waals surface area (Å²) in [5.41, 5.74) is 2.87. The van der Waals surface area contributed by atoms with E-state index >= 15 is 0 Å². The Labute approximate surface area is 192 Å². The molecule has 0 unspecified atom stereocenters. The Morgan fingerprint density at radius 3 is 2.15 bits per heavy atom. The zero-order valence-electron chi connectivity index (χ0n) is 18.2. The summed E-state index contributed by atoms with van der Waals surface area (Å²) in [6, 6.07) is 25.7. The maximum Gasteiger partial charge on any atom is 0.256 e. The van der Waals surface area contributed by atoms with Gasteiger partial charge >= 0.3 is 0 Å². The average Bonchev–Trinajstić information content (AvgIpc) is 3.34. The minimum Gasteiger partial charge on any atom is -0.344 e. The molecule has 6 nitrogen and oxygen atoms in total. The fourth-order valence-corrected chi connectivity index (χ4v) is 4.77. The van der Waals surface area contributed by atoms with Crippen molar-refractivity contribution in [1.82, 2.24) is 10.2 Å². The standard InChI is InChI=1S/C27H25N3O3/c31-24(28-25(19-10-3-1-4-11-19)20-12-5-2-6-13-20)18-30-22-15-8-7-14-21(22)26(32)29-17-9-16-23(29)27(30)33/h1-8,10-15,23,25H,9,16-18H2,(H,28,31)/t23-/m0/s1. The van der Waals surface area contributed by atoms with E-state index in [1.165, 1.54) is 4.90 Å². The first-order valence-corrected chi connectivity index (χ1v) is 11.2. The molecule has 1 saturated heterocycles. The van der Waals surface area contributed by atoms with Crippen molar-refractivity contribution in [3.05, 3.63) is 102 Å². The van der Waals surface area contributed by atoms with Crippen LogP contribution < -0.4 is 10.2 Å². The molecule has 1 fully saturated rings. The molecule has 166 valence electrons. The van der Waals surface area contributed by atoms with Crippen LogP contribution in [-0.2, 0) is 9.59 Å². The van der Waals surface area contributed by atoms with Crippen LogP contribution in [-0.4, -0.2) is 41.8 Å². The molecule has 6 heteroatoms. The normalized spacial score (nSPS) is 17.5. The highest BCUT2D eigenvalue weighted by Gasteiger charge is 2.42. The molecule has 3 amide bonds. The number of hydrogen-bond acceptors (Lipinski definition) is 3. The summed E-state index contributed by atoms with van der Waals surface area (Å²) < 4.78 is 0. The Balaban J connectivity index is 1.45. The lowest BCUT2D eigenvalue weighted by molar-refractivity contribution is -0.125. The second-order valence-electron chi connectivity index (χ2n) is 8.42. The zero-order chi connectivity index (χ0) is 22.8. The Bertz CT molecular complexity index is 1140. The van der Waals surface area contributed by atoms with Crippen LogP contribution in [0.25, 0.3) is 0 Å². The molecule has 0 aromatic heterocycles. The third-order valence-electron chi connectivity index (χ3n) is 6.36. The van der Waals surface area contributed by atoms with Crippen molar-refractivity contribution in [2.24, 2.45) is 0 Å². The van der Waals surface area contributed by atoms with Crippen molar-refractivity contribution in [2.75, 3.05) is 18.0 Å². The van der Waals surface area contributed by atoms with E-state index < -0.39 is 6.04 Å². The van der Waals surface area contributed by atoms with Gasteiger partial charge in [-0.25, -0.2) is 0 Å². The summed E-state index contributed by atoms with van der Waals surface area (Å²) in [6.45, 7) is 0.414. The molecule has 3 aromatic carbocycles. The van der Waals surface area contributed by atoms with Crippen molar-refractivity contribution >= 4 is 23.4 Å². The molecule has 33 heavy (non-hydrogen) atoms. The van der Waals surface area contributed by atoms with E-state index in [2.05, 4.69) is 5.32 Å². The predicted octanol–water partition coefficient (Wildman–Crippen LogP) is 3.54. The number of nitrogens with zero attached hydrogens (tertiary/aromatic N) is 2. The van der Waals surface area contributed by atoms with Gasteiger partial charge in [-0.3, -0.25) is 14.4 Å². The minimum absolute atomic E-state index is 0.143. The lowest BCUT2D eigenvalue weighted by Crippen LogP contribution is -2.48. The van der Waals surface area contributed by atoms with Gasteiger partial charge in [0.15, 0.2) is 0 Å². The van der Waals surface area contributed by atoms with Gasteiger partial charge in [0.1, 0.15) is 12.6 Å². The van der Waals surface area contributed by atoms with Gasteiger partial charge in [0.25, 0.3) is 5.91 Å². The summed E-state index contributed by atoms with van der Waals surface area (Å²) in [7, 11) is 0. The number of amides is 3. The van der Waals surface area contributed by atoms with E-state index in [9.17, 15) is 14.4 Å². The number of rotatable bonds is 5. The molecule has 3 aromatic rings. The average molecular weight is 440 g/mol. The molecular weight excluding hydrogens is 414 g/mol. The van der Waals surface area contributed by atoms with Gasteiger partial charge in [-0.2, -0.15) is 0 Å². The summed E-state index contributed by atoms with van der Waals surface area (Å²) in [6.07, 6.45) is 1.40. The summed E-state index contributed by atoms with van der Waals surface area (Å²) in [5, 5.41) is 3.11. The monoisotopic (exact) mass is 439 g/mol. The number of carbonyl (C=O) groups is 3. The molecule has 0 radical (unpaired) electrons. The molecule has 2 heterocycles. The molecule has 0 saturated carbocycles. The number of fused-ring (bicyclic) bond motifs is 2. The molecule has 0 bridgehead atoms. The van der Waals surface area contributed by atoms with Crippen LogP contribution >= 0.6 is 0 Å². The van der Waals surface area contributed by atoms with Gasteiger partial charge in [0.2, 0.25) is 11.8 Å².